The van der Waals surface area contributed by atoms with E-state index in [2.05, 4.69) is 10.2 Å². The van der Waals surface area contributed by atoms with Gasteiger partial charge in [-0.05, 0) is 71.2 Å². The summed E-state index contributed by atoms with van der Waals surface area (Å²) in [5.74, 6) is -1.08. The van der Waals surface area contributed by atoms with Gasteiger partial charge in [0.25, 0.3) is 0 Å². The van der Waals surface area contributed by atoms with Crippen LogP contribution in [-0.4, -0.2) is 41.9 Å². The first-order chi connectivity index (χ1) is 11.3. The molecule has 1 aliphatic rings. The van der Waals surface area contributed by atoms with Crippen LogP contribution < -0.4 is 10.2 Å². The highest BCUT2D eigenvalue weighted by molar-refractivity contribution is 6.39. The Bertz CT molecular complexity index is 569. The van der Waals surface area contributed by atoms with Gasteiger partial charge in [-0.15, -0.1) is 0 Å². The average molecular weight is 331 g/mol. The van der Waals surface area contributed by atoms with Crippen LogP contribution in [0.5, 0.6) is 0 Å². The number of amides is 2. The average Bonchev–Trinajstić information content (AvgIpc) is 2.55. The van der Waals surface area contributed by atoms with Crippen molar-refractivity contribution in [2.24, 2.45) is 0 Å². The van der Waals surface area contributed by atoms with Crippen LogP contribution in [-0.2, 0) is 9.59 Å². The number of carbonyl (C=O) groups is 2. The fourth-order valence-electron chi connectivity index (χ4n) is 3.14. The van der Waals surface area contributed by atoms with E-state index in [0.717, 1.165) is 13.1 Å². The first kappa shape index (κ1) is 18.3. The van der Waals surface area contributed by atoms with Gasteiger partial charge in [-0.25, -0.2) is 0 Å². The summed E-state index contributed by atoms with van der Waals surface area (Å²) in [6, 6.07) is 7.74. The number of nitrogens with one attached hydrogen (secondary N) is 1. The molecule has 0 aromatic heterocycles. The zero-order chi connectivity index (χ0) is 17.7. The van der Waals surface area contributed by atoms with Gasteiger partial charge in [0, 0.05) is 36.5 Å². The largest absolute Gasteiger partial charge is 0.372 e. The molecular formula is C19H29N3O2. The molecule has 2 amide bonds. The maximum absolute atomic E-state index is 12.3. The molecule has 0 atom stereocenters. The SMILES string of the molecule is CCN(C(=O)C(=O)Nc1ccc(N2CCCCC2)cc1)C(C)(C)C. The van der Waals surface area contributed by atoms with Crippen molar-refractivity contribution >= 4 is 23.2 Å². The van der Waals surface area contributed by atoms with E-state index in [-0.39, 0.29) is 5.54 Å². The molecule has 0 aliphatic carbocycles. The molecule has 5 heteroatoms. The molecule has 1 heterocycles. The Balaban J connectivity index is 2.00. The summed E-state index contributed by atoms with van der Waals surface area (Å²) < 4.78 is 0. The Morgan fingerprint density at radius 2 is 1.67 bits per heavy atom. The van der Waals surface area contributed by atoms with Crippen molar-refractivity contribution in [2.75, 3.05) is 29.9 Å². The second kappa shape index (κ2) is 7.69. The van der Waals surface area contributed by atoms with Gasteiger partial charge in [0.15, 0.2) is 0 Å². The molecular weight excluding hydrogens is 302 g/mol. The lowest BCUT2D eigenvalue weighted by Gasteiger charge is -2.34. The Labute approximate surface area is 145 Å². The number of hydrogen-bond acceptors (Lipinski definition) is 3. The van der Waals surface area contributed by atoms with E-state index in [1.54, 1.807) is 4.90 Å². The van der Waals surface area contributed by atoms with Crippen LogP contribution in [0.1, 0.15) is 47.0 Å². The van der Waals surface area contributed by atoms with Crippen molar-refractivity contribution in [1.29, 1.82) is 0 Å². The number of benzene rings is 1. The van der Waals surface area contributed by atoms with E-state index in [1.807, 2.05) is 52.0 Å². The quantitative estimate of drug-likeness (QED) is 0.865. The highest BCUT2D eigenvalue weighted by Gasteiger charge is 2.29. The number of likely N-dealkylation sites (N-methyl/N-ethyl adjacent to an activating group) is 1. The van der Waals surface area contributed by atoms with Crippen LogP contribution in [0.15, 0.2) is 24.3 Å². The highest BCUT2D eigenvalue weighted by Crippen LogP contribution is 2.22. The maximum Gasteiger partial charge on any atom is 0.313 e. The van der Waals surface area contributed by atoms with Crippen molar-refractivity contribution in [3.63, 3.8) is 0 Å². The molecule has 132 valence electrons. The molecule has 24 heavy (non-hydrogen) atoms. The first-order valence-corrected chi connectivity index (χ1v) is 8.81. The fraction of sp³-hybridized carbons (Fsp3) is 0.579. The first-order valence-electron chi connectivity index (χ1n) is 8.81. The zero-order valence-electron chi connectivity index (χ0n) is 15.3. The minimum Gasteiger partial charge on any atom is -0.372 e. The van der Waals surface area contributed by atoms with Gasteiger partial charge in [0.2, 0.25) is 0 Å². The lowest BCUT2D eigenvalue weighted by Crippen LogP contribution is -2.49. The number of carbonyl (C=O) groups excluding carboxylic acids is 2. The number of hydrogen-bond donors (Lipinski definition) is 1. The zero-order valence-corrected chi connectivity index (χ0v) is 15.3. The van der Waals surface area contributed by atoms with Gasteiger partial charge < -0.3 is 15.1 Å². The summed E-state index contributed by atoms with van der Waals surface area (Å²) in [4.78, 5) is 28.5. The van der Waals surface area contributed by atoms with Crippen LogP contribution in [0.3, 0.4) is 0 Å². The Kier molecular flexibility index (Phi) is 5.86. The van der Waals surface area contributed by atoms with Crippen molar-refractivity contribution in [2.45, 2.75) is 52.5 Å². The summed E-state index contributed by atoms with van der Waals surface area (Å²) in [6.45, 7) is 10.3. The van der Waals surface area contributed by atoms with Crippen molar-refractivity contribution in [1.82, 2.24) is 4.90 Å². The second-order valence-electron chi connectivity index (χ2n) is 7.27. The van der Waals surface area contributed by atoms with Crippen LogP contribution >= 0.6 is 0 Å². The molecule has 0 saturated carbocycles. The minimum absolute atomic E-state index is 0.374. The Morgan fingerprint density at radius 3 is 2.17 bits per heavy atom. The third-order valence-electron chi connectivity index (χ3n) is 4.41. The number of nitrogens with zero attached hydrogens (tertiary/aromatic N) is 2. The van der Waals surface area contributed by atoms with Gasteiger partial charge in [-0.1, -0.05) is 0 Å². The van der Waals surface area contributed by atoms with Gasteiger partial charge >= 0.3 is 11.8 Å². The van der Waals surface area contributed by atoms with Gasteiger partial charge in [0.05, 0.1) is 0 Å². The Hall–Kier alpha value is -2.04. The van der Waals surface area contributed by atoms with Gasteiger partial charge in [-0.2, -0.15) is 0 Å². The second-order valence-corrected chi connectivity index (χ2v) is 7.27. The van der Waals surface area contributed by atoms with E-state index >= 15 is 0 Å². The summed E-state index contributed by atoms with van der Waals surface area (Å²) in [6.07, 6.45) is 3.76. The van der Waals surface area contributed by atoms with E-state index in [9.17, 15) is 9.59 Å². The summed E-state index contributed by atoms with van der Waals surface area (Å²) in [5.41, 5.74) is 1.45. The minimum atomic E-state index is -0.586. The maximum atomic E-state index is 12.3. The standard InChI is InChI=1S/C19H29N3O2/c1-5-22(19(2,3)4)18(24)17(23)20-15-9-11-16(12-10-15)21-13-7-6-8-14-21/h9-12H,5-8,13-14H2,1-4H3,(H,20,23). The molecule has 1 N–H and O–H groups in total. The molecule has 1 fully saturated rings. The topological polar surface area (TPSA) is 52.7 Å². The molecule has 1 aromatic carbocycles. The fourth-order valence-corrected chi connectivity index (χ4v) is 3.14. The van der Waals surface area contributed by atoms with E-state index in [0.29, 0.717) is 12.2 Å². The molecule has 0 bridgehead atoms. The predicted molar refractivity (Wildman–Crippen MR) is 98.3 cm³/mol. The third-order valence-corrected chi connectivity index (χ3v) is 4.41. The highest BCUT2D eigenvalue weighted by atomic mass is 16.2. The van der Waals surface area contributed by atoms with E-state index < -0.39 is 11.8 Å². The van der Waals surface area contributed by atoms with Crippen molar-refractivity contribution in [3.8, 4) is 0 Å². The molecule has 2 rings (SSSR count). The van der Waals surface area contributed by atoms with Crippen molar-refractivity contribution < 1.29 is 9.59 Å². The van der Waals surface area contributed by atoms with Gasteiger partial charge in [-0.3, -0.25) is 9.59 Å². The molecule has 1 aromatic rings. The predicted octanol–water partition coefficient (Wildman–Crippen LogP) is 3.26. The van der Waals surface area contributed by atoms with Crippen LogP contribution in [0.4, 0.5) is 11.4 Å². The summed E-state index contributed by atoms with van der Waals surface area (Å²) in [7, 11) is 0. The number of anilines is 2. The summed E-state index contributed by atoms with van der Waals surface area (Å²) >= 11 is 0. The molecule has 5 nitrogen and oxygen atoms in total. The number of piperidine rings is 1. The van der Waals surface area contributed by atoms with Crippen molar-refractivity contribution in [3.05, 3.63) is 24.3 Å². The number of rotatable bonds is 3. The lowest BCUT2D eigenvalue weighted by atomic mass is 10.1. The van der Waals surface area contributed by atoms with Crippen LogP contribution in [0.2, 0.25) is 0 Å². The molecule has 0 unspecified atom stereocenters. The molecule has 1 aliphatic heterocycles. The Morgan fingerprint density at radius 1 is 1.08 bits per heavy atom. The monoisotopic (exact) mass is 331 g/mol. The smallest absolute Gasteiger partial charge is 0.313 e. The third kappa shape index (κ3) is 4.49. The lowest BCUT2D eigenvalue weighted by molar-refractivity contribution is -0.146. The summed E-state index contributed by atoms with van der Waals surface area (Å²) in [5, 5.41) is 2.71. The molecule has 0 spiro atoms. The van der Waals surface area contributed by atoms with Gasteiger partial charge in [0.1, 0.15) is 0 Å². The van der Waals surface area contributed by atoms with E-state index in [1.165, 1.54) is 24.9 Å². The molecule has 0 radical (unpaired) electrons. The van der Waals surface area contributed by atoms with Crippen LogP contribution in [0.25, 0.3) is 0 Å². The normalized spacial score (nSPS) is 15.1. The van der Waals surface area contributed by atoms with Crippen LogP contribution in [0, 0.1) is 0 Å². The van der Waals surface area contributed by atoms with E-state index in [4.69, 9.17) is 0 Å². The molecule has 1 saturated heterocycles.